The Morgan fingerprint density at radius 1 is 1.21 bits per heavy atom. The van der Waals surface area contributed by atoms with Crippen LogP contribution >= 0.6 is 0 Å². The molecule has 1 aliphatic rings. The monoisotopic (exact) mass is 256 g/mol. The van der Waals surface area contributed by atoms with E-state index in [4.69, 9.17) is 10.2 Å². The first-order chi connectivity index (χ1) is 9.26. The number of rotatable bonds is 3. The Hall–Kier alpha value is -1.74. The van der Waals surface area contributed by atoms with Gasteiger partial charge in [-0.15, -0.1) is 0 Å². The predicted molar refractivity (Wildman–Crippen MR) is 77.0 cm³/mol. The molecule has 100 valence electrons. The van der Waals surface area contributed by atoms with Crippen molar-refractivity contribution in [2.45, 2.75) is 26.4 Å². The summed E-state index contributed by atoms with van der Waals surface area (Å²) in [6, 6.07) is 12.7. The molecule has 1 atom stereocenters. The summed E-state index contributed by atoms with van der Waals surface area (Å²) in [5, 5.41) is 0. The summed E-state index contributed by atoms with van der Waals surface area (Å²) in [4.78, 5) is 2.41. The summed E-state index contributed by atoms with van der Waals surface area (Å²) in [6.07, 6.45) is 1.17. The van der Waals surface area contributed by atoms with Crippen LogP contribution < -0.4 is 10.6 Å². The molecule has 0 amide bonds. The minimum atomic E-state index is 0.465. The fourth-order valence-electron chi connectivity index (χ4n) is 2.86. The van der Waals surface area contributed by atoms with Gasteiger partial charge in [0.1, 0.15) is 11.5 Å². The van der Waals surface area contributed by atoms with Gasteiger partial charge >= 0.3 is 0 Å². The molecule has 0 fully saturated rings. The van der Waals surface area contributed by atoms with E-state index in [1.54, 1.807) is 0 Å². The summed E-state index contributed by atoms with van der Waals surface area (Å²) < 4.78 is 5.72. The van der Waals surface area contributed by atoms with Gasteiger partial charge in [0.25, 0.3) is 0 Å². The van der Waals surface area contributed by atoms with E-state index in [1.807, 2.05) is 12.1 Å². The Balaban J connectivity index is 1.84. The molecule has 1 aliphatic heterocycles. The molecule has 3 rings (SSSR count). The van der Waals surface area contributed by atoms with Crippen molar-refractivity contribution >= 4 is 5.69 Å². The fourth-order valence-corrected chi connectivity index (χ4v) is 2.86. The second kappa shape index (κ2) is 5.10. The van der Waals surface area contributed by atoms with E-state index < -0.39 is 0 Å². The summed E-state index contributed by atoms with van der Waals surface area (Å²) in [7, 11) is 0. The molecule has 0 saturated carbocycles. The van der Waals surface area contributed by atoms with E-state index >= 15 is 0 Å². The number of nitrogens with zero attached hydrogens (tertiary/aromatic N) is 1. The standard InChI is InChI=1S/C16H20N2O/c1-12-8-13-4-2-3-5-16(13)18(10-12)11-15-7-6-14(9-17)19-15/h2-7,12H,8-11,17H2,1H3. The van der Waals surface area contributed by atoms with Crippen molar-refractivity contribution in [3.8, 4) is 0 Å². The number of para-hydroxylation sites is 1. The predicted octanol–water partition coefficient (Wildman–Crippen LogP) is 2.94. The molecule has 3 nitrogen and oxygen atoms in total. The zero-order valence-electron chi connectivity index (χ0n) is 11.3. The second-order valence-electron chi connectivity index (χ2n) is 5.39. The summed E-state index contributed by atoms with van der Waals surface area (Å²) in [5.41, 5.74) is 8.36. The van der Waals surface area contributed by atoms with Gasteiger partial charge in [-0.1, -0.05) is 25.1 Å². The lowest BCUT2D eigenvalue weighted by atomic mass is 9.94. The Morgan fingerprint density at radius 2 is 2.00 bits per heavy atom. The molecule has 0 saturated heterocycles. The lowest BCUT2D eigenvalue weighted by molar-refractivity contribution is 0.447. The normalized spacial score (nSPS) is 18.4. The van der Waals surface area contributed by atoms with Crippen molar-refractivity contribution in [1.82, 2.24) is 0 Å². The molecule has 2 aromatic rings. The molecule has 2 N–H and O–H groups in total. The van der Waals surface area contributed by atoms with Crippen LogP contribution in [0, 0.1) is 5.92 Å². The van der Waals surface area contributed by atoms with Crippen molar-refractivity contribution in [3.05, 3.63) is 53.5 Å². The number of hydrogen-bond donors (Lipinski definition) is 1. The lowest BCUT2D eigenvalue weighted by Gasteiger charge is -2.34. The Labute approximate surface area is 114 Å². The molecular formula is C16H20N2O. The molecule has 0 bridgehead atoms. The summed E-state index contributed by atoms with van der Waals surface area (Å²) in [5.74, 6) is 2.52. The van der Waals surface area contributed by atoms with Crippen LogP contribution in [-0.2, 0) is 19.5 Å². The van der Waals surface area contributed by atoms with Gasteiger partial charge in [-0.25, -0.2) is 0 Å². The third kappa shape index (κ3) is 2.51. The van der Waals surface area contributed by atoms with Crippen molar-refractivity contribution in [1.29, 1.82) is 0 Å². The summed E-state index contributed by atoms with van der Waals surface area (Å²) >= 11 is 0. The molecule has 3 heteroatoms. The van der Waals surface area contributed by atoms with Gasteiger partial charge in [-0.2, -0.15) is 0 Å². The summed E-state index contributed by atoms with van der Waals surface area (Å²) in [6.45, 7) is 4.67. The highest BCUT2D eigenvalue weighted by Gasteiger charge is 2.22. The van der Waals surface area contributed by atoms with E-state index in [1.165, 1.54) is 17.7 Å². The SMILES string of the molecule is CC1Cc2ccccc2N(Cc2ccc(CN)o2)C1. The minimum absolute atomic E-state index is 0.465. The minimum Gasteiger partial charge on any atom is -0.463 e. The Morgan fingerprint density at radius 3 is 2.79 bits per heavy atom. The molecule has 1 unspecified atom stereocenters. The number of benzene rings is 1. The smallest absolute Gasteiger partial charge is 0.123 e. The number of anilines is 1. The van der Waals surface area contributed by atoms with Crippen molar-refractivity contribution < 1.29 is 4.42 Å². The van der Waals surface area contributed by atoms with Crippen molar-refractivity contribution in [3.63, 3.8) is 0 Å². The van der Waals surface area contributed by atoms with E-state index in [9.17, 15) is 0 Å². The van der Waals surface area contributed by atoms with Gasteiger partial charge < -0.3 is 15.1 Å². The molecular weight excluding hydrogens is 236 g/mol. The first-order valence-electron chi connectivity index (χ1n) is 6.87. The first kappa shape index (κ1) is 12.3. The molecule has 1 aromatic carbocycles. The van der Waals surface area contributed by atoms with Gasteiger partial charge in [-0.3, -0.25) is 0 Å². The van der Waals surface area contributed by atoms with Crippen LogP contribution in [-0.4, -0.2) is 6.54 Å². The van der Waals surface area contributed by atoms with Crippen LogP contribution in [0.15, 0.2) is 40.8 Å². The van der Waals surface area contributed by atoms with E-state index in [-0.39, 0.29) is 0 Å². The van der Waals surface area contributed by atoms with E-state index in [2.05, 4.69) is 36.1 Å². The zero-order valence-corrected chi connectivity index (χ0v) is 11.3. The lowest BCUT2D eigenvalue weighted by Crippen LogP contribution is -2.33. The maximum Gasteiger partial charge on any atom is 0.123 e. The molecule has 19 heavy (non-hydrogen) atoms. The van der Waals surface area contributed by atoms with Crippen LogP contribution in [0.3, 0.4) is 0 Å². The maximum atomic E-state index is 5.72. The van der Waals surface area contributed by atoms with Gasteiger partial charge in [0.2, 0.25) is 0 Å². The third-order valence-corrected chi connectivity index (χ3v) is 3.70. The van der Waals surface area contributed by atoms with E-state index in [0.717, 1.165) is 24.6 Å². The largest absolute Gasteiger partial charge is 0.463 e. The molecule has 0 radical (unpaired) electrons. The van der Waals surface area contributed by atoms with Gasteiger partial charge in [0, 0.05) is 12.2 Å². The van der Waals surface area contributed by atoms with Crippen molar-refractivity contribution in [2.75, 3.05) is 11.4 Å². The number of furan rings is 1. The van der Waals surface area contributed by atoms with Gasteiger partial charge in [0.05, 0.1) is 13.1 Å². The highest BCUT2D eigenvalue weighted by Crippen LogP contribution is 2.30. The highest BCUT2D eigenvalue weighted by molar-refractivity contribution is 5.55. The Bertz CT molecular complexity index is 561. The van der Waals surface area contributed by atoms with Gasteiger partial charge in [0.15, 0.2) is 0 Å². The first-order valence-corrected chi connectivity index (χ1v) is 6.87. The Kier molecular flexibility index (Phi) is 3.30. The van der Waals surface area contributed by atoms with Crippen LogP contribution in [0.2, 0.25) is 0 Å². The maximum absolute atomic E-state index is 5.72. The fraction of sp³-hybridized carbons (Fsp3) is 0.375. The molecule has 0 aliphatic carbocycles. The molecule has 0 spiro atoms. The molecule has 2 heterocycles. The van der Waals surface area contributed by atoms with Crippen LogP contribution in [0.1, 0.15) is 24.0 Å². The second-order valence-corrected chi connectivity index (χ2v) is 5.39. The van der Waals surface area contributed by atoms with Crippen LogP contribution in [0.4, 0.5) is 5.69 Å². The third-order valence-electron chi connectivity index (χ3n) is 3.70. The average molecular weight is 256 g/mol. The number of fused-ring (bicyclic) bond motifs is 1. The van der Waals surface area contributed by atoms with Gasteiger partial charge in [-0.05, 0) is 36.1 Å². The highest BCUT2D eigenvalue weighted by atomic mass is 16.3. The quantitative estimate of drug-likeness (QED) is 0.918. The zero-order chi connectivity index (χ0) is 13.2. The van der Waals surface area contributed by atoms with Crippen LogP contribution in [0.5, 0.6) is 0 Å². The average Bonchev–Trinajstić information content (AvgIpc) is 2.86. The topological polar surface area (TPSA) is 42.4 Å². The van der Waals surface area contributed by atoms with Crippen LogP contribution in [0.25, 0.3) is 0 Å². The van der Waals surface area contributed by atoms with Crippen molar-refractivity contribution in [2.24, 2.45) is 11.7 Å². The molecule has 1 aromatic heterocycles. The number of hydrogen-bond acceptors (Lipinski definition) is 3. The van der Waals surface area contributed by atoms with E-state index in [0.29, 0.717) is 12.5 Å². The number of nitrogens with two attached hydrogens (primary N) is 1.